The maximum atomic E-state index is 8.38. The van der Waals surface area contributed by atoms with Crippen LogP contribution < -0.4 is 0 Å². The third-order valence-electron chi connectivity index (χ3n) is 2.06. The van der Waals surface area contributed by atoms with Gasteiger partial charge in [-0.3, -0.25) is 0 Å². The minimum atomic E-state index is -1.10. The minimum Gasteiger partial charge on any atom is -0.396 e. The van der Waals surface area contributed by atoms with Gasteiger partial charge in [0.05, 0.1) is 0 Å². The zero-order chi connectivity index (χ0) is 12.1. The molecule has 4 N–H and O–H groups in total. The fourth-order valence-electron chi connectivity index (χ4n) is 0.972. The van der Waals surface area contributed by atoms with Crippen molar-refractivity contribution in [3.63, 3.8) is 0 Å². The van der Waals surface area contributed by atoms with Crippen LogP contribution in [0.2, 0.25) is 0 Å². The maximum Gasteiger partial charge on any atom is 0.151 e. The Morgan fingerprint density at radius 3 is 1.60 bits per heavy atom. The van der Waals surface area contributed by atoms with E-state index < -0.39 is 6.29 Å². The molecule has 0 aromatic rings. The highest BCUT2D eigenvalue weighted by atomic mass is 16.5. The molecule has 0 unspecified atom stereocenters. The summed E-state index contributed by atoms with van der Waals surface area (Å²) in [5.74, 6) is 0.463. The topological polar surface area (TPSA) is 80.9 Å². The zero-order valence-electron chi connectivity index (χ0n) is 9.89. The summed E-state index contributed by atoms with van der Waals surface area (Å²) < 4.78 is 0. The highest BCUT2D eigenvalue weighted by molar-refractivity contribution is 4.49. The second-order valence-electron chi connectivity index (χ2n) is 3.75. The van der Waals surface area contributed by atoms with Gasteiger partial charge in [0.2, 0.25) is 0 Å². The van der Waals surface area contributed by atoms with Crippen LogP contribution in [0.5, 0.6) is 0 Å². The molecule has 0 saturated heterocycles. The normalized spacial score (nSPS) is 10.4. The van der Waals surface area contributed by atoms with Gasteiger partial charge in [-0.2, -0.15) is 0 Å². The Morgan fingerprint density at radius 2 is 1.40 bits per heavy atom. The average molecular weight is 222 g/mol. The molecule has 15 heavy (non-hydrogen) atoms. The fourth-order valence-corrected chi connectivity index (χ4v) is 0.972. The van der Waals surface area contributed by atoms with Gasteiger partial charge in [-0.15, -0.1) is 0 Å². The van der Waals surface area contributed by atoms with E-state index in [0.29, 0.717) is 12.3 Å². The Bertz CT molecular complexity index is 101. The lowest BCUT2D eigenvalue weighted by molar-refractivity contribution is -0.0463. The van der Waals surface area contributed by atoms with Crippen molar-refractivity contribution in [2.75, 3.05) is 13.2 Å². The fraction of sp³-hybridized carbons (Fsp3) is 1.00. The lowest BCUT2D eigenvalue weighted by Gasteiger charge is -2.04. The molecule has 0 spiro atoms. The SMILES string of the molecule is CC(CCO)CCO.CCCCC(O)O. The van der Waals surface area contributed by atoms with Gasteiger partial charge in [0.1, 0.15) is 0 Å². The third kappa shape index (κ3) is 20.0. The smallest absolute Gasteiger partial charge is 0.151 e. The van der Waals surface area contributed by atoms with Crippen LogP contribution in [-0.2, 0) is 0 Å². The predicted octanol–water partition coefficient (Wildman–Crippen LogP) is 0.875. The molecule has 0 aromatic carbocycles. The van der Waals surface area contributed by atoms with Crippen molar-refractivity contribution in [2.45, 2.75) is 52.2 Å². The summed E-state index contributed by atoms with van der Waals surface area (Å²) in [4.78, 5) is 0. The number of rotatable bonds is 7. The van der Waals surface area contributed by atoms with Crippen LogP contribution in [0.1, 0.15) is 46.0 Å². The standard InChI is InChI=1S/C6H14O2.C5H12O2/c1-6(2-4-7)3-5-8;1-2-3-4-5(6)7/h6-8H,2-5H2,1H3;5-7H,2-4H2,1H3. The van der Waals surface area contributed by atoms with E-state index in [1.165, 1.54) is 0 Å². The molecule has 0 heterocycles. The van der Waals surface area contributed by atoms with E-state index in [1.54, 1.807) is 0 Å². The quantitative estimate of drug-likeness (QED) is 0.482. The van der Waals surface area contributed by atoms with Crippen LogP contribution in [-0.4, -0.2) is 39.9 Å². The van der Waals surface area contributed by atoms with E-state index >= 15 is 0 Å². The maximum absolute atomic E-state index is 8.38. The molecule has 4 heteroatoms. The van der Waals surface area contributed by atoms with Crippen molar-refractivity contribution < 1.29 is 20.4 Å². The van der Waals surface area contributed by atoms with Gasteiger partial charge in [0.15, 0.2) is 6.29 Å². The van der Waals surface area contributed by atoms with E-state index in [9.17, 15) is 0 Å². The zero-order valence-corrected chi connectivity index (χ0v) is 9.89. The molecule has 4 nitrogen and oxygen atoms in total. The second-order valence-corrected chi connectivity index (χ2v) is 3.75. The molecule has 0 bridgehead atoms. The Kier molecular flexibility index (Phi) is 15.9. The van der Waals surface area contributed by atoms with E-state index in [4.69, 9.17) is 20.4 Å². The Hall–Kier alpha value is -0.160. The summed E-state index contributed by atoms with van der Waals surface area (Å²) in [7, 11) is 0. The molecule has 0 atom stereocenters. The van der Waals surface area contributed by atoms with E-state index in [2.05, 4.69) is 0 Å². The van der Waals surface area contributed by atoms with Crippen molar-refractivity contribution >= 4 is 0 Å². The predicted molar refractivity (Wildman–Crippen MR) is 60.3 cm³/mol. The first-order valence-corrected chi connectivity index (χ1v) is 5.66. The van der Waals surface area contributed by atoms with Gasteiger partial charge < -0.3 is 20.4 Å². The number of unbranched alkanes of at least 4 members (excludes halogenated alkanes) is 1. The molecule has 0 rings (SSSR count). The molecule has 0 fully saturated rings. The largest absolute Gasteiger partial charge is 0.396 e. The summed E-state index contributed by atoms with van der Waals surface area (Å²) in [6, 6.07) is 0. The average Bonchev–Trinajstić information content (AvgIpc) is 2.16. The van der Waals surface area contributed by atoms with Gasteiger partial charge in [-0.1, -0.05) is 20.3 Å². The molecular formula is C11H26O4. The van der Waals surface area contributed by atoms with Crippen molar-refractivity contribution in [1.29, 1.82) is 0 Å². The van der Waals surface area contributed by atoms with Crippen molar-refractivity contribution in [2.24, 2.45) is 5.92 Å². The number of aliphatic hydroxyl groups excluding tert-OH is 3. The summed E-state index contributed by atoms with van der Waals surface area (Å²) >= 11 is 0. The lowest BCUT2D eigenvalue weighted by atomic mass is 10.1. The summed E-state index contributed by atoms with van der Waals surface area (Å²) in [5.41, 5.74) is 0. The number of hydrogen-bond acceptors (Lipinski definition) is 4. The third-order valence-corrected chi connectivity index (χ3v) is 2.06. The number of hydrogen-bond donors (Lipinski definition) is 4. The highest BCUT2D eigenvalue weighted by Crippen LogP contribution is 2.03. The molecular weight excluding hydrogens is 196 g/mol. The van der Waals surface area contributed by atoms with Gasteiger partial charge in [-0.05, 0) is 31.6 Å². The molecule has 0 radical (unpaired) electrons. The lowest BCUT2D eigenvalue weighted by Crippen LogP contribution is -2.02. The van der Waals surface area contributed by atoms with Gasteiger partial charge in [-0.25, -0.2) is 0 Å². The molecule has 0 saturated carbocycles. The van der Waals surface area contributed by atoms with Crippen molar-refractivity contribution in [3.05, 3.63) is 0 Å². The van der Waals surface area contributed by atoms with Crippen LogP contribution in [0, 0.1) is 5.92 Å². The number of aliphatic hydroxyl groups is 4. The second kappa shape index (κ2) is 13.8. The van der Waals surface area contributed by atoms with E-state index in [-0.39, 0.29) is 13.2 Å². The van der Waals surface area contributed by atoms with Crippen molar-refractivity contribution in [3.8, 4) is 0 Å². The van der Waals surface area contributed by atoms with E-state index in [1.807, 2.05) is 13.8 Å². The van der Waals surface area contributed by atoms with Crippen LogP contribution in [0.25, 0.3) is 0 Å². The summed E-state index contributed by atoms with van der Waals surface area (Å²) in [5, 5.41) is 33.2. The molecule has 0 aliphatic heterocycles. The monoisotopic (exact) mass is 222 g/mol. The van der Waals surface area contributed by atoms with Crippen LogP contribution >= 0.6 is 0 Å². The summed E-state index contributed by atoms with van der Waals surface area (Å²) in [6.07, 6.45) is 2.95. The Labute approximate surface area is 92.6 Å². The first-order chi connectivity index (χ1) is 7.08. The van der Waals surface area contributed by atoms with Crippen LogP contribution in [0.15, 0.2) is 0 Å². The Balaban J connectivity index is 0. The minimum absolute atomic E-state index is 0.237. The molecule has 94 valence electrons. The van der Waals surface area contributed by atoms with E-state index in [0.717, 1.165) is 25.7 Å². The molecule has 0 amide bonds. The van der Waals surface area contributed by atoms with Crippen LogP contribution in [0.4, 0.5) is 0 Å². The van der Waals surface area contributed by atoms with Gasteiger partial charge >= 0.3 is 0 Å². The van der Waals surface area contributed by atoms with Gasteiger partial charge in [0, 0.05) is 13.2 Å². The Morgan fingerprint density at radius 1 is 0.933 bits per heavy atom. The van der Waals surface area contributed by atoms with Crippen molar-refractivity contribution in [1.82, 2.24) is 0 Å². The summed E-state index contributed by atoms with van der Waals surface area (Å²) in [6.45, 7) is 4.51. The first-order valence-electron chi connectivity index (χ1n) is 5.66. The van der Waals surface area contributed by atoms with Gasteiger partial charge in [0.25, 0.3) is 0 Å². The first kappa shape index (κ1) is 17.2. The molecule has 0 aromatic heterocycles. The highest BCUT2D eigenvalue weighted by Gasteiger charge is 1.97. The van der Waals surface area contributed by atoms with Crippen LogP contribution in [0.3, 0.4) is 0 Å². The molecule has 0 aliphatic carbocycles. The molecule has 0 aliphatic rings.